The molecule has 0 aliphatic heterocycles. The van der Waals surface area contributed by atoms with Gasteiger partial charge in [-0.15, -0.1) is 0 Å². The van der Waals surface area contributed by atoms with Crippen LogP contribution >= 0.6 is 15.9 Å². The molecule has 0 radical (unpaired) electrons. The summed E-state index contributed by atoms with van der Waals surface area (Å²) in [6.45, 7) is 10.6. The Morgan fingerprint density at radius 3 is 2.20 bits per heavy atom. The number of carbonyl (C=O) groups is 2. The van der Waals surface area contributed by atoms with Gasteiger partial charge < -0.3 is 15.0 Å². The van der Waals surface area contributed by atoms with Crippen molar-refractivity contribution in [3.8, 4) is 5.75 Å². The topological polar surface area (TPSA) is 58.6 Å². The monoisotopic (exact) mass is 474 g/mol. The lowest BCUT2D eigenvalue weighted by Crippen LogP contribution is -2.49. The average Bonchev–Trinajstić information content (AvgIpc) is 2.68. The highest BCUT2D eigenvalue weighted by atomic mass is 79.9. The van der Waals surface area contributed by atoms with Crippen LogP contribution in [0.4, 0.5) is 0 Å². The Morgan fingerprint density at radius 2 is 1.63 bits per heavy atom. The fraction of sp³-hybridized carbons (Fsp3) is 0.417. The maximum absolute atomic E-state index is 13.1. The molecule has 2 aromatic rings. The van der Waals surface area contributed by atoms with E-state index in [-0.39, 0.29) is 18.4 Å². The van der Waals surface area contributed by atoms with Crippen LogP contribution in [0.3, 0.4) is 0 Å². The number of hydrogen-bond donors (Lipinski definition) is 1. The fourth-order valence-electron chi connectivity index (χ4n) is 3.07. The third-order valence-corrected chi connectivity index (χ3v) is 5.20. The molecule has 5 nitrogen and oxygen atoms in total. The number of carbonyl (C=O) groups excluding carboxylic acids is 2. The van der Waals surface area contributed by atoms with Crippen molar-refractivity contribution in [2.75, 3.05) is 13.2 Å². The molecule has 0 aromatic heterocycles. The van der Waals surface area contributed by atoms with Crippen LogP contribution in [-0.4, -0.2) is 35.9 Å². The number of halogens is 1. The summed E-state index contributed by atoms with van der Waals surface area (Å²) in [5.74, 6) is 0.593. The summed E-state index contributed by atoms with van der Waals surface area (Å²) < 4.78 is 6.73. The number of benzene rings is 2. The first-order chi connectivity index (χ1) is 14.2. The van der Waals surface area contributed by atoms with Crippen molar-refractivity contribution in [2.45, 2.75) is 47.2 Å². The van der Waals surface area contributed by atoms with Crippen LogP contribution in [0.2, 0.25) is 0 Å². The number of ether oxygens (including phenoxy) is 1. The summed E-state index contributed by atoms with van der Waals surface area (Å²) in [5.41, 5.74) is 3.10. The normalized spacial score (nSPS) is 11.8. The van der Waals surface area contributed by atoms with Gasteiger partial charge in [0.1, 0.15) is 11.8 Å². The van der Waals surface area contributed by atoms with E-state index in [4.69, 9.17) is 4.74 Å². The van der Waals surface area contributed by atoms with Crippen LogP contribution in [0.15, 0.2) is 46.9 Å². The van der Waals surface area contributed by atoms with Gasteiger partial charge in [-0.25, -0.2) is 0 Å². The molecular weight excluding hydrogens is 444 g/mol. The van der Waals surface area contributed by atoms with Gasteiger partial charge in [0.2, 0.25) is 5.91 Å². The molecule has 30 heavy (non-hydrogen) atoms. The van der Waals surface area contributed by atoms with Crippen molar-refractivity contribution in [1.29, 1.82) is 0 Å². The number of hydrogen-bond acceptors (Lipinski definition) is 3. The van der Waals surface area contributed by atoms with Crippen LogP contribution < -0.4 is 10.1 Å². The molecule has 0 aliphatic carbocycles. The van der Waals surface area contributed by atoms with Crippen molar-refractivity contribution in [3.05, 3.63) is 63.6 Å². The molecule has 0 heterocycles. The van der Waals surface area contributed by atoms with Gasteiger partial charge in [-0.2, -0.15) is 0 Å². The molecule has 1 atom stereocenters. The number of aryl methyl sites for hydroxylation is 2. The quantitative estimate of drug-likeness (QED) is 0.575. The lowest BCUT2D eigenvalue weighted by atomic mass is 10.1. The molecule has 0 aliphatic rings. The maximum Gasteiger partial charge on any atom is 0.261 e. The van der Waals surface area contributed by atoms with Crippen molar-refractivity contribution in [1.82, 2.24) is 10.2 Å². The Hall–Kier alpha value is -2.34. The Morgan fingerprint density at radius 1 is 1.03 bits per heavy atom. The van der Waals surface area contributed by atoms with Crippen LogP contribution in [0.5, 0.6) is 5.75 Å². The van der Waals surface area contributed by atoms with E-state index in [9.17, 15) is 9.59 Å². The SMILES string of the molecule is Cc1cc(C)cc(OCC(=O)N(Cc2ccc(Br)cc2)C(C)C(=O)NCC(C)C)c1. The molecule has 0 saturated carbocycles. The van der Waals surface area contributed by atoms with Crippen molar-refractivity contribution in [2.24, 2.45) is 5.92 Å². The highest BCUT2D eigenvalue weighted by molar-refractivity contribution is 9.10. The van der Waals surface area contributed by atoms with E-state index in [2.05, 4.69) is 27.3 Å². The minimum Gasteiger partial charge on any atom is -0.484 e. The van der Waals surface area contributed by atoms with Gasteiger partial charge in [0.15, 0.2) is 6.61 Å². The van der Waals surface area contributed by atoms with E-state index in [1.54, 1.807) is 11.8 Å². The molecule has 0 spiro atoms. The zero-order chi connectivity index (χ0) is 22.3. The Labute approximate surface area is 187 Å². The molecule has 6 heteroatoms. The van der Waals surface area contributed by atoms with E-state index in [0.29, 0.717) is 24.8 Å². The number of nitrogens with zero attached hydrogens (tertiary/aromatic N) is 1. The lowest BCUT2D eigenvalue weighted by molar-refractivity contribution is -0.142. The van der Waals surface area contributed by atoms with Gasteiger partial charge in [0, 0.05) is 17.6 Å². The zero-order valence-corrected chi connectivity index (χ0v) is 20.0. The third kappa shape index (κ3) is 7.48. The van der Waals surface area contributed by atoms with Gasteiger partial charge in [-0.1, -0.05) is 48.0 Å². The second kappa shape index (κ2) is 11.2. The summed E-state index contributed by atoms with van der Waals surface area (Å²) in [5, 5.41) is 2.92. The van der Waals surface area contributed by atoms with Gasteiger partial charge >= 0.3 is 0 Å². The van der Waals surface area contributed by atoms with Crippen LogP contribution in [-0.2, 0) is 16.1 Å². The van der Waals surface area contributed by atoms with Crippen molar-refractivity contribution >= 4 is 27.7 Å². The minimum atomic E-state index is -0.609. The number of rotatable bonds is 9. The Bertz CT molecular complexity index is 845. The van der Waals surface area contributed by atoms with E-state index in [0.717, 1.165) is 21.2 Å². The molecule has 1 unspecified atom stereocenters. The second-order valence-corrected chi connectivity index (χ2v) is 8.99. The van der Waals surface area contributed by atoms with Crippen LogP contribution in [0, 0.1) is 19.8 Å². The first-order valence-corrected chi connectivity index (χ1v) is 11.0. The first-order valence-electron chi connectivity index (χ1n) is 10.2. The molecule has 2 amide bonds. The van der Waals surface area contributed by atoms with E-state index >= 15 is 0 Å². The van der Waals surface area contributed by atoms with Gasteiger partial charge in [0.05, 0.1) is 0 Å². The molecule has 2 rings (SSSR count). The standard InChI is InChI=1S/C24H31BrN2O3/c1-16(2)13-26-24(29)19(5)27(14-20-6-8-21(25)9-7-20)23(28)15-30-22-11-17(3)10-18(4)12-22/h6-12,16,19H,13-15H2,1-5H3,(H,26,29). The van der Waals surface area contributed by atoms with Gasteiger partial charge in [0.25, 0.3) is 5.91 Å². The highest BCUT2D eigenvalue weighted by Gasteiger charge is 2.26. The summed E-state index contributed by atoms with van der Waals surface area (Å²) in [6.07, 6.45) is 0. The molecule has 2 aromatic carbocycles. The van der Waals surface area contributed by atoms with Crippen molar-refractivity contribution in [3.63, 3.8) is 0 Å². The maximum atomic E-state index is 13.1. The van der Waals surface area contributed by atoms with Gasteiger partial charge in [-0.3, -0.25) is 9.59 Å². The lowest BCUT2D eigenvalue weighted by Gasteiger charge is -2.29. The van der Waals surface area contributed by atoms with Crippen LogP contribution in [0.1, 0.15) is 37.5 Å². The minimum absolute atomic E-state index is 0.124. The van der Waals surface area contributed by atoms with E-state index in [1.807, 2.05) is 64.1 Å². The predicted octanol–water partition coefficient (Wildman–Crippen LogP) is 4.63. The molecule has 1 N–H and O–H groups in total. The Kier molecular flexibility index (Phi) is 8.90. The Balaban J connectivity index is 2.14. The molecule has 0 bridgehead atoms. The van der Waals surface area contributed by atoms with E-state index in [1.165, 1.54) is 0 Å². The molecule has 0 saturated heterocycles. The molecule has 0 fully saturated rings. The first kappa shape index (κ1) is 23.9. The number of amides is 2. The van der Waals surface area contributed by atoms with Crippen molar-refractivity contribution < 1.29 is 14.3 Å². The molecular formula is C24H31BrN2O3. The largest absolute Gasteiger partial charge is 0.484 e. The summed E-state index contributed by atoms with van der Waals surface area (Å²) in [6, 6.07) is 13.0. The van der Waals surface area contributed by atoms with Crippen LogP contribution in [0.25, 0.3) is 0 Å². The predicted molar refractivity (Wildman–Crippen MR) is 123 cm³/mol. The molecule has 162 valence electrons. The third-order valence-electron chi connectivity index (χ3n) is 4.68. The summed E-state index contributed by atoms with van der Waals surface area (Å²) in [4.78, 5) is 27.3. The van der Waals surface area contributed by atoms with Gasteiger partial charge in [-0.05, 0) is 67.6 Å². The summed E-state index contributed by atoms with van der Waals surface area (Å²) >= 11 is 3.42. The van der Waals surface area contributed by atoms with E-state index < -0.39 is 6.04 Å². The number of nitrogens with one attached hydrogen (secondary N) is 1. The average molecular weight is 475 g/mol. The zero-order valence-electron chi connectivity index (χ0n) is 18.4. The highest BCUT2D eigenvalue weighted by Crippen LogP contribution is 2.18. The smallest absolute Gasteiger partial charge is 0.261 e. The summed E-state index contributed by atoms with van der Waals surface area (Å²) in [7, 11) is 0. The fourth-order valence-corrected chi connectivity index (χ4v) is 3.33. The second-order valence-electron chi connectivity index (χ2n) is 8.08.